The molecule has 1 aromatic rings. The lowest BCUT2D eigenvalue weighted by atomic mass is 9.98. The molecule has 1 heterocycles. The van der Waals surface area contributed by atoms with E-state index in [9.17, 15) is 4.79 Å². The van der Waals surface area contributed by atoms with Crippen LogP contribution >= 0.6 is 0 Å². The Bertz CT molecular complexity index is 524. The molecule has 2 unspecified atom stereocenters. The van der Waals surface area contributed by atoms with Crippen molar-refractivity contribution in [1.82, 2.24) is 5.32 Å². The molecule has 0 bridgehead atoms. The average molecular weight is 275 g/mol. The second-order valence-corrected chi connectivity index (χ2v) is 5.30. The third kappa shape index (κ3) is 3.39. The van der Waals surface area contributed by atoms with E-state index in [-0.39, 0.29) is 12.0 Å². The fourth-order valence-corrected chi connectivity index (χ4v) is 2.44. The van der Waals surface area contributed by atoms with Gasteiger partial charge in [0.1, 0.15) is 5.75 Å². The molecule has 1 amide bonds. The van der Waals surface area contributed by atoms with Crippen molar-refractivity contribution in [2.24, 2.45) is 0 Å². The molecule has 20 heavy (non-hydrogen) atoms. The summed E-state index contributed by atoms with van der Waals surface area (Å²) >= 11 is 0. The summed E-state index contributed by atoms with van der Waals surface area (Å²) in [5, 5.41) is 2.88. The van der Waals surface area contributed by atoms with Gasteiger partial charge in [-0.2, -0.15) is 0 Å². The van der Waals surface area contributed by atoms with Crippen molar-refractivity contribution in [2.45, 2.75) is 39.0 Å². The molecule has 2 atom stereocenters. The van der Waals surface area contributed by atoms with Crippen LogP contribution in [0.15, 0.2) is 30.4 Å². The third-order valence-corrected chi connectivity index (χ3v) is 3.28. The van der Waals surface area contributed by atoms with Crippen LogP contribution in [0.3, 0.4) is 0 Å². The Morgan fingerprint density at radius 2 is 2.30 bits per heavy atom. The highest BCUT2D eigenvalue weighted by Gasteiger charge is 2.26. The Kier molecular flexibility index (Phi) is 4.45. The Hall–Kier alpha value is -1.81. The van der Waals surface area contributed by atoms with Crippen LogP contribution in [-0.2, 0) is 16.0 Å². The summed E-state index contributed by atoms with van der Waals surface area (Å²) in [6.07, 6.45) is 0.747. The predicted molar refractivity (Wildman–Crippen MR) is 77.6 cm³/mol. The molecule has 0 aromatic heterocycles. The lowest BCUT2D eigenvalue weighted by molar-refractivity contribution is -0.128. The molecule has 0 spiro atoms. The molecule has 2 rings (SSSR count). The Labute approximate surface area is 119 Å². The normalized spacial score (nSPS) is 18.9. The second kappa shape index (κ2) is 6.09. The van der Waals surface area contributed by atoms with Crippen molar-refractivity contribution in [1.29, 1.82) is 0 Å². The van der Waals surface area contributed by atoms with Crippen LogP contribution in [0.2, 0.25) is 0 Å². The Balaban J connectivity index is 2.19. The van der Waals surface area contributed by atoms with Gasteiger partial charge in [0.2, 0.25) is 5.91 Å². The zero-order chi connectivity index (χ0) is 14.7. The molecule has 1 aliphatic rings. The van der Waals surface area contributed by atoms with E-state index < -0.39 is 6.23 Å². The van der Waals surface area contributed by atoms with Crippen molar-refractivity contribution in [3.63, 3.8) is 0 Å². The number of benzene rings is 1. The summed E-state index contributed by atoms with van der Waals surface area (Å²) in [5.74, 6) is 0.727. The molecule has 1 N–H and O–H groups in total. The van der Waals surface area contributed by atoms with Crippen LogP contribution in [0.1, 0.15) is 37.6 Å². The molecule has 0 radical (unpaired) electrons. The van der Waals surface area contributed by atoms with Crippen LogP contribution in [0, 0.1) is 0 Å². The van der Waals surface area contributed by atoms with Crippen molar-refractivity contribution in [3.05, 3.63) is 41.5 Å². The lowest BCUT2D eigenvalue weighted by Gasteiger charge is -2.29. The Morgan fingerprint density at radius 1 is 1.55 bits per heavy atom. The first-order valence-electron chi connectivity index (χ1n) is 6.75. The first-order valence-corrected chi connectivity index (χ1v) is 6.75. The number of fused-ring (bicyclic) bond motifs is 1. The first kappa shape index (κ1) is 14.6. The fraction of sp³-hybridized carbons (Fsp3) is 0.438. The average Bonchev–Trinajstić information content (AvgIpc) is 2.36. The van der Waals surface area contributed by atoms with Gasteiger partial charge in [-0.05, 0) is 38.0 Å². The quantitative estimate of drug-likeness (QED) is 0.841. The monoisotopic (exact) mass is 275 g/mol. The molecule has 1 aromatic carbocycles. The van der Waals surface area contributed by atoms with E-state index >= 15 is 0 Å². The molecule has 0 fully saturated rings. The minimum atomic E-state index is -0.397. The molecule has 0 saturated carbocycles. The van der Waals surface area contributed by atoms with Crippen LogP contribution in [0.5, 0.6) is 5.75 Å². The number of carbonyl (C=O) groups is 1. The summed E-state index contributed by atoms with van der Waals surface area (Å²) in [6.45, 7) is 7.84. The van der Waals surface area contributed by atoms with Gasteiger partial charge in [0.15, 0.2) is 6.23 Å². The predicted octanol–water partition coefficient (Wildman–Crippen LogP) is 2.74. The number of hydrogen-bond acceptors (Lipinski definition) is 3. The number of nitrogens with one attached hydrogen (secondary N) is 1. The molecule has 4 heteroatoms. The van der Waals surface area contributed by atoms with E-state index in [0.717, 1.165) is 28.9 Å². The number of ether oxygens (including phenoxy) is 2. The lowest BCUT2D eigenvalue weighted by Crippen LogP contribution is -2.38. The van der Waals surface area contributed by atoms with E-state index in [0.29, 0.717) is 6.42 Å². The maximum Gasteiger partial charge on any atom is 0.226 e. The van der Waals surface area contributed by atoms with Gasteiger partial charge in [-0.3, -0.25) is 4.79 Å². The molecule has 4 nitrogen and oxygen atoms in total. The van der Waals surface area contributed by atoms with Gasteiger partial charge in [-0.25, -0.2) is 0 Å². The number of carbonyl (C=O) groups excluding carboxylic acids is 1. The molecule has 1 aliphatic heterocycles. The number of rotatable bonds is 5. The topological polar surface area (TPSA) is 47.6 Å². The first-order chi connectivity index (χ1) is 9.49. The highest BCUT2D eigenvalue weighted by atomic mass is 16.5. The molecule has 0 aliphatic carbocycles. The second-order valence-electron chi connectivity index (χ2n) is 5.30. The number of amides is 1. The van der Waals surface area contributed by atoms with Gasteiger partial charge < -0.3 is 14.8 Å². The maximum atomic E-state index is 11.8. The summed E-state index contributed by atoms with van der Waals surface area (Å²) in [5.41, 5.74) is 3.02. The number of hydrogen-bond donors (Lipinski definition) is 1. The highest BCUT2D eigenvalue weighted by molar-refractivity contribution is 5.81. The van der Waals surface area contributed by atoms with Crippen molar-refractivity contribution in [3.8, 4) is 5.75 Å². The van der Waals surface area contributed by atoms with Gasteiger partial charge in [0.25, 0.3) is 0 Å². The number of methoxy groups -OCH3 is 1. The van der Waals surface area contributed by atoms with Gasteiger partial charge in [-0.1, -0.05) is 11.6 Å². The van der Waals surface area contributed by atoms with Gasteiger partial charge in [0, 0.05) is 5.56 Å². The van der Waals surface area contributed by atoms with Crippen molar-refractivity contribution in [2.75, 3.05) is 7.11 Å². The minimum absolute atomic E-state index is 0.00542. The van der Waals surface area contributed by atoms with Crippen LogP contribution in [-0.4, -0.2) is 19.1 Å². The molecule has 0 saturated heterocycles. The third-order valence-electron chi connectivity index (χ3n) is 3.28. The fourth-order valence-electron chi connectivity index (χ4n) is 2.44. The largest absolute Gasteiger partial charge is 0.497 e. The summed E-state index contributed by atoms with van der Waals surface area (Å²) < 4.78 is 11.1. The van der Waals surface area contributed by atoms with Gasteiger partial charge in [0.05, 0.1) is 19.6 Å². The SMILES string of the molecule is C=C(C)CC(C)OC1NC(=O)Cc2cc(OC)ccc21. The van der Waals surface area contributed by atoms with Gasteiger partial charge >= 0.3 is 0 Å². The highest BCUT2D eigenvalue weighted by Crippen LogP contribution is 2.29. The smallest absolute Gasteiger partial charge is 0.226 e. The molecule has 108 valence electrons. The van der Waals surface area contributed by atoms with E-state index in [1.165, 1.54) is 0 Å². The van der Waals surface area contributed by atoms with Crippen LogP contribution < -0.4 is 10.1 Å². The summed E-state index contributed by atoms with van der Waals surface area (Å²) in [6, 6.07) is 5.73. The van der Waals surface area contributed by atoms with Crippen molar-refractivity contribution < 1.29 is 14.3 Å². The van der Waals surface area contributed by atoms with E-state index in [2.05, 4.69) is 11.9 Å². The minimum Gasteiger partial charge on any atom is -0.497 e. The van der Waals surface area contributed by atoms with Gasteiger partial charge in [-0.15, -0.1) is 6.58 Å². The standard InChI is InChI=1S/C16H21NO3/c1-10(2)7-11(3)20-16-14-6-5-13(19-4)8-12(14)9-15(18)17-16/h5-6,8,11,16H,1,7,9H2,2-4H3,(H,17,18). The summed E-state index contributed by atoms with van der Waals surface area (Å²) in [4.78, 5) is 11.8. The summed E-state index contributed by atoms with van der Waals surface area (Å²) in [7, 11) is 1.62. The maximum absolute atomic E-state index is 11.8. The molecular weight excluding hydrogens is 254 g/mol. The Morgan fingerprint density at radius 3 is 2.95 bits per heavy atom. The molecular formula is C16H21NO3. The zero-order valence-electron chi connectivity index (χ0n) is 12.2. The van der Waals surface area contributed by atoms with Crippen molar-refractivity contribution >= 4 is 5.91 Å². The van der Waals surface area contributed by atoms with E-state index in [1.54, 1.807) is 7.11 Å². The zero-order valence-corrected chi connectivity index (χ0v) is 12.2. The van der Waals surface area contributed by atoms with Crippen LogP contribution in [0.4, 0.5) is 0 Å². The van der Waals surface area contributed by atoms with Crippen LogP contribution in [0.25, 0.3) is 0 Å². The van der Waals surface area contributed by atoms with E-state index in [4.69, 9.17) is 9.47 Å². The van der Waals surface area contributed by atoms with E-state index in [1.807, 2.05) is 32.0 Å².